The van der Waals surface area contributed by atoms with Crippen LogP contribution in [0.5, 0.6) is 0 Å². The Balaban J connectivity index is 2.03. The minimum absolute atomic E-state index is 0.226. The van der Waals surface area contributed by atoms with Gasteiger partial charge >= 0.3 is 6.09 Å². The van der Waals surface area contributed by atoms with Crippen LogP contribution in [-0.4, -0.2) is 36.5 Å². The number of nitrogens with zero attached hydrogens (tertiary/aromatic N) is 2. The van der Waals surface area contributed by atoms with E-state index in [0.717, 1.165) is 36.0 Å². The maximum Gasteiger partial charge on any atom is 0.418 e. The van der Waals surface area contributed by atoms with E-state index in [2.05, 4.69) is 6.07 Å². The quantitative estimate of drug-likeness (QED) is 0.747. The monoisotopic (exact) mass is 286 g/mol. The number of carbonyl (C=O) groups excluding carboxylic acids is 1. The lowest BCUT2D eigenvalue weighted by Crippen LogP contribution is -2.27. The molecule has 1 fully saturated rings. The van der Waals surface area contributed by atoms with Gasteiger partial charge in [0.05, 0.1) is 25.3 Å². The summed E-state index contributed by atoms with van der Waals surface area (Å²) in [6.07, 6.45) is 1.61. The highest BCUT2D eigenvalue weighted by Gasteiger charge is 2.42. The Kier molecular flexibility index (Phi) is 2.80. The van der Waals surface area contributed by atoms with E-state index < -0.39 is 0 Å². The van der Waals surface area contributed by atoms with Crippen LogP contribution in [0.4, 0.5) is 4.79 Å². The molecule has 1 aliphatic heterocycles. The molecule has 2 aliphatic rings. The second-order valence-corrected chi connectivity index (χ2v) is 5.77. The average Bonchev–Trinajstić information content (AvgIpc) is 3.04. The van der Waals surface area contributed by atoms with Crippen molar-refractivity contribution >= 4 is 17.0 Å². The zero-order valence-corrected chi connectivity index (χ0v) is 12.2. The molecule has 1 saturated heterocycles. The topological polar surface area (TPSA) is 43.7 Å². The van der Waals surface area contributed by atoms with Crippen LogP contribution in [0.15, 0.2) is 24.3 Å². The molecule has 2 heterocycles. The molecule has 0 bridgehead atoms. The molecule has 1 aromatic heterocycles. The Morgan fingerprint density at radius 2 is 2.19 bits per heavy atom. The summed E-state index contributed by atoms with van der Waals surface area (Å²) in [6.45, 7) is 0.762. The Morgan fingerprint density at radius 3 is 3.00 bits per heavy atom. The lowest BCUT2D eigenvalue weighted by Gasteiger charge is -2.28. The smallest absolute Gasteiger partial charge is 0.418 e. The van der Waals surface area contributed by atoms with Crippen LogP contribution in [0, 0.1) is 5.92 Å². The Hall–Kier alpha value is -1.85. The van der Waals surface area contributed by atoms with Gasteiger partial charge in [0.25, 0.3) is 0 Å². The van der Waals surface area contributed by atoms with Crippen molar-refractivity contribution in [1.82, 2.24) is 9.63 Å². The highest BCUT2D eigenvalue weighted by Crippen LogP contribution is 2.46. The maximum atomic E-state index is 12.2. The van der Waals surface area contributed by atoms with E-state index in [4.69, 9.17) is 9.57 Å². The van der Waals surface area contributed by atoms with E-state index in [9.17, 15) is 4.79 Å². The third kappa shape index (κ3) is 1.68. The van der Waals surface area contributed by atoms with E-state index in [1.165, 1.54) is 12.7 Å². The lowest BCUT2D eigenvalue weighted by atomic mass is 9.83. The van der Waals surface area contributed by atoms with E-state index in [1.807, 2.05) is 30.3 Å². The summed E-state index contributed by atoms with van der Waals surface area (Å²) in [6, 6.07) is 8.27. The van der Waals surface area contributed by atoms with Crippen molar-refractivity contribution in [3.63, 3.8) is 0 Å². The third-order valence-corrected chi connectivity index (χ3v) is 4.75. The summed E-state index contributed by atoms with van der Waals surface area (Å²) < 4.78 is 6.72. The molecule has 110 valence electrons. The van der Waals surface area contributed by atoms with Gasteiger partial charge in [0.2, 0.25) is 0 Å². The van der Waals surface area contributed by atoms with Gasteiger partial charge in [0.1, 0.15) is 0 Å². The van der Waals surface area contributed by atoms with Gasteiger partial charge < -0.3 is 4.74 Å². The van der Waals surface area contributed by atoms with Crippen LogP contribution in [0.25, 0.3) is 10.9 Å². The molecule has 0 N–H and O–H groups in total. The Bertz CT molecular complexity index is 722. The lowest BCUT2D eigenvalue weighted by molar-refractivity contribution is -0.110. The molecule has 2 atom stereocenters. The second-order valence-electron chi connectivity index (χ2n) is 5.77. The summed E-state index contributed by atoms with van der Waals surface area (Å²) in [5.74, 6) is 0.499. The number of rotatable bonds is 0. The Labute approximate surface area is 123 Å². The fourth-order valence-corrected chi connectivity index (χ4v) is 3.86. The van der Waals surface area contributed by atoms with E-state index in [-0.39, 0.29) is 12.1 Å². The molecule has 2 aromatic rings. The molecule has 0 amide bonds. The number of hydrogen-bond donors (Lipinski definition) is 0. The van der Waals surface area contributed by atoms with Gasteiger partial charge in [-0.3, -0.25) is 4.84 Å². The molecule has 21 heavy (non-hydrogen) atoms. The molecule has 0 spiro atoms. The standard InChI is InChI=1S/C16H18N2O3/c1-17-15-10(9-21-17)7-8-13-14(15)11-5-3-4-6-12(11)18(13)16(19)20-2/h3-6,10,15H,7-9H2,1-2H3. The van der Waals surface area contributed by atoms with Gasteiger partial charge in [0, 0.05) is 29.6 Å². The summed E-state index contributed by atoms with van der Waals surface area (Å²) in [4.78, 5) is 17.9. The molecule has 1 aliphatic carbocycles. The van der Waals surface area contributed by atoms with E-state index >= 15 is 0 Å². The SMILES string of the molecule is COC(=O)n1c2c(c3ccccc31)C1C(CC2)CON1C. The first-order valence-corrected chi connectivity index (χ1v) is 7.28. The van der Waals surface area contributed by atoms with Gasteiger partial charge in [-0.2, -0.15) is 5.06 Å². The number of benzene rings is 1. The van der Waals surface area contributed by atoms with Crippen molar-refractivity contribution < 1.29 is 14.4 Å². The molecule has 5 heteroatoms. The molecule has 0 saturated carbocycles. The van der Waals surface area contributed by atoms with Crippen LogP contribution in [0.2, 0.25) is 0 Å². The number of ether oxygens (including phenoxy) is 1. The first kappa shape index (κ1) is 12.9. The number of hydrogen-bond acceptors (Lipinski definition) is 4. The fourth-order valence-electron chi connectivity index (χ4n) is 3.86. The second kappa shape index (κ2) is 4.58. The van der Waals surface area contributed by atoms with E-state index in [1.54, 1.807) is 4.57 Å². The number of carbonyl (C=O) groups is 1. The van der Waals surface area contributed by atoms with Gasteiger partial charge in [0.15, 0.2) is 0 Å². The van der Waals surface area contributed by atoms with Crippen molar-refractivity contribution in [3.05, 3.63) is 35.5 Å². The zero-order valence-electron chi connectivity index (χ0n) is 12.2. The van der Waals surface area contributed by atoms with Crippen LogP contribution in [-0.2, 0) is 16.0 Å². The average molecular weight is 286 g/mol. The van der Waals surface area contributed by atoms with Crippen molar-refractivity contribution in [2.45, 2.75) is 18.9 Å². The third-order valence-electron chi connectivity index (χ3n) is 4.75. The molecule has 1 aromatic carbocycles. The number of hydroxylamine groups is 2. The zero-order chi connectivity index (χ0) is 14.6. The first-order valence-electron chi connectivity index (χ1n) is 7.28. The summed E-state index contributed by atoms with van der Waals surface area (Å²) >= 11 is 0. The minimum atomic E-state index is -0.313. The van der Waals surface area contributed by atoms with Gasteiger partial charge in [-0.05, 0) is 18.9 Å². The summed E-state index contributed by atoms with van der Waals surface area (Å²) in [5, 5.41) is 3.07. The highest BCUT2D eigenvalue weighted by molar-refractivity contribution is 5.94. The predicted octanol–water partition coefficient (Wildman–Crippen LogP) is 2.74. The Morgan fingerprint density at radius 1 is 1.38 bits per heavy atom. The van der Waals surface area contributed by atoms with Crippen LogP contribution in [0.1, 0.15) is 23.7 Å². The van der Waals surface area contributed by atoms with Gasteiger partial charge in [-0.25, -0.2) is 9.36 Å². The van der Waals surface area contributed by atoms with Crippen molar-refractivity contribution in [1.29, 1.82) is 0 Å². The molecular formula is C16H18N2O3. The summed E-state index contributed by atoms with van der Waals surface area (Å²) in [7, 11) is 3.41. The van der Waals surface area contributed by atoms with Crippen molar-refractivity contribution in [2.24, 2.45) is 5.92 Å². The molecule has 0 radical (unpaired) electrons. The highest BCUT2D eigenvalue weighted by atomic mass is 16.7. The van der Waals surface area contributed by atoms with Crippen LogP contribution >= 0.6 is 0 Å². The number of para-hydroxylation sites is 1. The van der Waals surface area contributed by atoms with E-state index in [0.29, 0.717) is 5.92 Å². The summed E-state index contributed by atoms with van der Waals surface area (Å²) in [5.41, 5.74) is 3.23. The molecular weight excluding hydrogens is 268 g/mol. The minimum Gasteiger partial charge on any atom is -0.452 e. The predicted molar refractivity (Wildman–Crippen MR) is 78.0 cm³/mol. The van der Waals surface area contributed by atoms with Crippen molar-refractivity contribution in [3.8, 4) is 0 Å². The van der Waals surface area contributed by atoms with Crippen molar-refractivity contribution in [2.75, 3.05) is 20.8 Å². The van der Waals surface area contributed by atoms with Crippen LogP contribution < -0.4 is 0 Å². The molecule has 2 unspecified atom stereocenters. The number of aromatic nitrogens is 1. The first-order chi connectivity index (χ1) is 10.2. The molecule has 4 rings (SSSR count). The molecule has 5 nitrogen and oxygen atoms in total. The number of methoxy groups -OCH3 is 1. The fraction of sp³-hybridized carbons (Fsp3) is 0.438. The number of fused-ring (bicyclic) bond motifs is 5. The van der Waals surface area contributed by atoms with Gasteiger partial charge in [-0.15, -0.1) is 0 Å². The normalized spacial score (nSPS) is 24.9. The van der Waals surface area contributed by atoms with Crippen LogP contribution in [0.3, 0.4) is 0 Å². The van der Waals surface area contributed by atoms with Gasteiger partial charge in [-0.1, -0.05) is 18.2 Å². The largest absolute Gasteiger partial charge is 0.452 e. The maximum absolute atomic E-state index is 12.2.